The van der Waals surface area contributed by atoms with Crippen LogP contribution in [-0.4, -0.2) is 39.6 Å². The molecule has 0 spiro atoms. The van der Waals surface area contributed by atoms with Crippen LogP contribution in [0.25, 0.3) is 0 Å². The second-order valence-electron chi connectivity index (χ2n) is 6.33. The predicted octanol–water partition coefficient (Wildman–Crippen LogP) is 4.14. The lowest BCUT2D eigenvalue weighted by molar-refractivity contribution is 0.280. The minimum Gasteiger partial charge on any atom is -0.493 e. The van der Waals surface area contributed by atoms with Crippen LogP contribution in [0.15, 0.2) is 47.6 Å². The van der Waals surface area contributed by atoms with E-state index in [0.29, 0.717) is 29.7 Å². The van der Waals surface area contributed by atoms with Gasteiger partial charge in [0.05, 0.1) is 7.11 Å². The van der Waals surface area contributed by atoms with Crippen molar-refractivity contribution in [2.45, 2.75) is 24.7 Å². The average molecular weight is 470 g/mol. The Hall–Kier alpha value is -2.00. The minimum atomic E-state index is 0. The van der Waals surface area contributed by atoms with Crippen molar-refractivity contribution in [3.63, 3.8) is 0 Å². The number of ether oxygens (including phenoxy) is 2. The van der Waals surface area contributed by atoms with Gasteiger partial charge in [-0.1, -0.05) is 53.7 Å². The highest BCUT2D eigenvalue weighted by Crippen LogP contribution is 2.35. The Kier molecular flexibility index (Phi) is 10.2. The molecule has 7 nitrogen and oxygen atoms in total. The molecule has 10 heteroatoms. The number of hydrogen-bond donors (Lipinski definition) is 1. The molecule has 2 aromatic carbocycles. The number of tetrazole rings is 1. The Labute approximate surface area is 191 Å². The van der Waals surface area contributed by atoms with E-state index in [4.69, 9.17) is 21.1 Å². The van der Waals surface area contributed by atoms with Crippen LogP contribution in [0.3, 0.4) is 0 Å². The quantitative estimate of drug-likeness (QED) is 0.334. The summed E-state index contributed by atoms with van der Waals surface area (Å²) in [6.07, 6.45) is 0.982. The standard InChI is InChI=1S/C20H24ClN5O2S.ClH/c1-26-20(23-24-25-26)29-10-6-9-22-13-16-11-17(21)12-18(27-2)19(16)28-14-15-7-4-3-5-8-15;/h3-5,7-8,11-12,22H,6,9-10,13-14H2,1-2H3;1H. The lowest BCUT2D eigenvalue weighted by atomic mass is 10.1. The van der Waals surface area contributed by atoms with E-state index in [-0.39, 0.29) is 12.4 Å². The molecule has 3 rings (SSSR count). The van der Waals surface area contributed by atoms with Crippen molar-refractivity contribution in [2.24, 2.45) is 7.05 Å². The zero-order valence-electron chi connectivity index (χ0n) is 16.9. The van der Waals surface area contributed by atoms with Gasteiger partial charge in [0.15, 0.2) is 11.5 Å². The molecule has 1 heterocycles. The molecule has 0 aliphatic heterocycles. The molecule has 3 aromatic rings. The van der Waals surface area contributed by atoms with Crippen LogP contribution < -0.4 is 14.8 Å². The predicted molar refractivity (Wildman–Crippen MR) is 122 cm³/mol. The number of thioether (sulfide) groups is 1. The van der Waals surface area contributed by atoms with E-state index in [1.54, 1.807) is 29.6 Å². The topological polar surface area (TPSA) is 74.1 Å². The second-order valence-corrected chi connectivity index (χ2v) is 7.83. The van der Waals surface area contributed by atoms with Crippen LogP contribution in [0.1, 0.15) is 17.5 Å². The second kappa shape index (κ2) is 12.6. The van der Waals surface area contributed by atoms with Gasteiger partial charge >= 0.3 is 0 Å². The van der Waals surface area contributed by atoms with E-state index in [0.717, 1.165) is 35.0 Å². The van der Waals surface area contributed by atoms with Gasteiger partial charge in [0.25, 0.3) is 0 Å². The minimum absolute atomic E-state index is 0. The Morgan fingerprint density at radius 3 is 2.70 bits per heavy atom. The number of aromatic nitrogens is 4. The smallest absolute Gasteiger partial charge is 0.209 e. The number of benzene rings is 2. The van der Waals surface area contributed by atoms with Crippen LogP contribution >= 0.6 is 35.8 Å². The summed E-state index contributed by atoms with van der Waals surface area (Å²) in [5.41, 5.74) is 2.06. The van der Waals surface area contributed by atoms with Gasteiger partial charge in [-0.05, 0) is 35.0 Å². The molecule has 0 aliphatic carbocycles. The molecule has 0 saturated carbocycles. The summed E-state index contributed by atoms with van der Waals surface area (Å²) >= 11 is 7.90. The number of methoxy groups -OCH3 is 1. The highest BCUT2D eigenvalue weighted by Gasteiger charge is 2.13. The Morgan fingerprint density at radius 2 is 2.00 bits per heavy atom. The van der Waals surface area contributed by atoms with Crippen molar-refractivity contribution in [1.29, 1.82) is 0 Å². The molecular weight excluding hydrogens is 445 g/mol. The third-order valence-corrected chi connectivity index (χ3v) is 5.48. The molecule has 0 saturated heterocycles. The zero-order chi connectivity index (χ0) is 20.5. The summed E-state index contributed by atoms with van der Waals surface area (Å²) in [5, 5.41) is 16.3. The molecular formula is C20H25Cl2N5O2S. The number of halogens is 2. The first kappa shape index (κ1) is 24.3. The van der Waals surface area contributed by atoms with E-state index < -0.39 is 0 Å². The third-order valence-electron chi connectivity index (χ3n) is 4.17. The zero-order valence-corrected chi connectivity index (χ0v) is 19.3. The van der Waals surface area contributed by atoms with Crippen molar-refractivity contribution >= 4 is 35.8 Å². The fourth-order valence-electron chi connectivity index (χ4n) is 2.73. The van der Waals surface area contributed by atoms with Gasteiger partial charge in [0.1, 0.15) is 6.61 Å². The molecule has 0 radical (unpaired) electrons. The number of aryl methyl sites for hydroxylation is 1. The maximum absolute atomic E-state index is 6.26. The van der Waals surface area contributed by atoms with Crippen LogP contribution in [0, 0.1) is 0 Å². The molecule has 162 valence electrons. The lowest BCUT2D eigenvalue weighted by Gasteiger charge is -2.16. The molecule has 0 bridgehead atoms. The highest BCUT2D eigenvalue weighted by molar-refractivity contribution is 7.99. The van der Waals surface area contributed by atoms with Gasteiger partial charge in [-0.3, -0.25) is 0 Å². The summed E-state index contributed by atoms with van der Waals surface area (Å²) in [5.74, 6) is 2.28. The van der Waals surface area contributed by atoms with E-state index >= 15 is 0 Å². The van der Waals surface area contributed by atoms with Crippen molar-refractivity contribution in [1.82, 2.24) is 25.5 Å². The normalized spacial score (nSPS) is 10.5. The number of hydrogen-bond acceptors (Lipinski definition) is 7. The lowest BCUT2D eigenvalue weighted by Crippen LogP contribution is -2.16. The van der Waals surface area contributed by atoms with Gasteiger partial charge in [0.2, 0.25) is 5.16 Å². The van der Waals surface area contributed by atoms with Gasteiger partial charge in [-0.15, -0.1) is 17.5 Å². The third kappa shape index (κ3) is 7.05. The van der Waals surface area contributed by atoms with Crippen LogP contribution in [-0.2, 0) is 20.2 Å². The summed E-state index contributed by atoms with van der Waals surface area (Å²) < 4.78 is 13.3. The first-order valence-electron chi connectivity index (χ1n) is 9.26. The summed E-state index contributed by atoms with van der Waals surface area (Å²) in [6, 6.07) is 13.7. The SMILES string of the molecule is COc1cc(Cl)cc(CNCCCSc2nnnn2C)c1OCc1ccccc1.Cl. The van der Waals surface area contributed by atoms with E-state index in [1.807, 2.05) is 43.4 Å². The first-order valence-corrected chi connectivity index (χ1v) is 10.6. The molecule has 30 heavy (non-hydrogen) atoms. The highest BCUT2D eigenvalue weighted by atomic mass is 35.5. The van der Waals surface area contributed by atoms with E-state index in [1.165, 1.54) is 0 Å². The largest absolute Gasteiger partial charge is 0.493 e. The molecule has 0 amide bonds. The molecule has 1 aromatic heterocycles. The number of nitrogens with zero attached hydrogens (tertiary/aromatic N) is 4. The number of nitrogens with one attached hydrogen (secondary N) is 1. The first-order chi connectivity index (χ1) is 14.2. The maximum Gasteiger partial charge on any atom is 0.209 e. The Morgan fingerprint density at radius 1 is 1.20 bits per heavy atom. The Balaban J connectivity index is 0.00000320. The van der Waals surface area contributed by atoms with Crippen molar-refractivity contribution in [3.8, 4) is 11.5 Å². The number of rotatable bonds is 11. The van der Waals surface area contributed by atoms with Crippen LogP contribution in [0.5, 0.6) is 11.5 Å². The van der Waals surface area contributed by atoms with Crippen LogP contribution in [0.2, 0.25) is 5.02 Å². The molecule has 1 N–H and O–H groups in total. The summed E-state index contributed by atoms with van der Waals surface area (Å²) in [4.78, 5) is 0. The molecule has 0 fully saturated rings. The maximum atomic E-state index is 6.26. The van der Waals surface area contributed by atoms with E-state index in [2.05, 4.69) is 20.8 Å². The summed E-state index contributed by atoms with van der Waals surface area (Å²) in [7, 11) is 3.46. The Bertz CT molecular complexity index is 911. The van der Waals surface area contributed by atoms with Crippen molar-refractivity contribution in [3.05, 3.63) is 58.6 Å². The van der Waals surface area contributed by atoms with Crippen LogP contribution in [0.4, 0.5) is 0 Å². The fraction of sp³-hybridized carbons (Fsp3) is 0.350. The van der Waals surface area contributed by atoms with Gasteiger partial charge < -0.3 is 14.8 Å². The monoisotopic (exact) mass is 469 g/mol. The van der Waals surface area contributed by atoms with Gasteiger partial charge in [-0.2, -0.15) is 0 Å². The van der Waals surface area contributed by atoms with Crippen molar-refractivity contribution < 1.29 is 9.47 Å². The average Bonchev–Trinajstić information content (AvgIpc) is 3.14. The fourth-order valence-corrected chi connectivity index (χ4v) is 3.75. The van der Waals surface area contributed by atoms with Gasteiger partial charge in [-0.25, -0.2) is 4.68 Å². The molecule has 0 aliphatic rings. The van der Waals surface area contributed by atoms with E-state index in [9.17, 15) is 0 Å². The molecule has 0 unspecified atom stereocenters. The molecule has 0 atom stereocenters. The summed E-state index contributed by atoms with van der Waals surface area (Å²) in [6.45, 7) is 1.96. The van der Waals surface area contributed by atoms with Crippen molar-refractivity contribution in [2.75, 3.05) is 19.4 Å². The van der Waals surface area contributed by atoms with Gasteiger partial charge in [0, 0.05) is 36.0 Å².